The summed E-state index contributed by atoms with van der Waals surface area (Å²) in [6.07, 6.45) is 0. The highest BCUT2D eigenvalue weighted by molar-refractivity contribution is 4.56. The van der Waals surface area contributed by atoms with Crippen LogP contribution < -0.4 is 0 Å². The van der Waals surface area contributed by atoms with Gasteiger partial charge in [0.25, 0.3) is 0 Å². The second-order valence-electron chi connectivity index (χ2n) is 4.07. The van der Waals surface area contributed by atoms with Gasteiger partial charge in [-0.25, -0.2) is 0 Å². The van der Waals surface area contributed by atoms with Crippen molar-refractivity contribution in [3.8, 4) is 0 Å². The van der Waals surface area contributed by atoms with E-state index >= 15 is 0 Å². The molecule has 74 valence electrons. The van der Waals surface area contributed by atoms with Crippen molar-refractivity contribution in [1.82, 2.24) is 14.7 Å². The number of nitrogens with zero attached hydrogens (tertiary/aromatic N) is 3. The van der Waals surface area contributed by atoms with Crippen LogP contribution in [0.1, 0.15) is 13.8 Å². The van der Waals surface area contributed by atoms with Crippen molar-refractivity contribution in [2.24, 2.45) is 0 Å². The van der Waals surface area contributed by atoms with E-state index in [0.717, 1.165) is 13.3 Å². The van der Waals surface area contributed by atoms with Crippen LogP contribution in [-0.4, -0.2) is 62.3 Å². The third-order valence-corrected chi connectivity index (χ3v) is 1.87. The van der Waals surface area contributed by atoms with Crippen LogP contribution in [0.25, 0.3) is 0 Å². The fourth-order valence-corrected chi connectivity index (χ4v) is 1.07. The molecule has 0 aromatic rings. The maximum absolute atomic E-state index is 2.32. The van der Waals surface area contributed by atoms with Gasteiger partial charge < -0.3 is 0 Å². The highest BCUT2D eigenvalue weighted by atomic mass is 15.4. The first-order chi connectivity index (χ1) is 5.43. The van der Waals surface area contributed by atoms with E-state index in [1.165, 1.54) is 0 Å². The molecule has 0 radical (unpaired) electrons. The molecule has 0 heterocycles. The summed E-state index contributed by atoms with van der Waals surface area (Å²) in [6, 6.07) is 0.620. The molecule has 0 bridgehead atoms. The van der Waals surface area contributed by atoms with Gasteiger partial charge in [-0.05, 0) is 42.0 Å². The highest BCUT2D eigenvalue weighted by Gasteiger charge is 2.06. The largest absolute Gasteiger partial charge is 0.297 e. The summed E-state index contributed by atoms with van der Waals surface area (Å²) in [5, 5.41) is 0. The second kappa shape index (κ2) is 5.51. The van der Waals surface area contributed by atoms with Crippen LogP contribution in [0, 0.1) is 0 Å². The minimum absolute atomic E-state index is 0.620. The van der Waals surface area contributed by atoms with Crippen molar-refractivity contribution in [3.05, 3.63) is 0 Å². The van der Waals surface area contributed by atoms with Gasteiger partial charge in [0.15, 0.2) is 0 Å². The van der Waals surface area contributed by atoms with Crippen LogP contribution in [0.4, 0.5) is 0 Å². The van der Waals surface area contributed by atoms with E-state index in [-0.39, 0.29) is 0 Å². The first-order valence-electron chi connectivity index (χ1n) is 4.47. The summed E-state index contributed by atoms with van der Waals surface area (Å²) in [6.45, 7) is 6.46. The van der Waals surface area contributed by atoms with Crippen LogP contribution in [0.3, 0.4) is 0 Å². The molecule has 0 aliphatic heterocycles. The first-order valence-corrected chi connectivity index (χ1v) is 4.47. The van der Waals surface area contributed by atoms with Gasteiger partial charge in [-0.3, -0.25) is 14.7 Å². The Balaban J connectivity index is 3.61. The Kier molecular flexibility index (Phi) is 5.46. The molecule has 0 atom stereocenters. The van der Waals surface area contributed by atoms with E-state index < -0.39 is 0 Å². The molecule has 0 spiro atoms. The molecule has 12 heavy (non-hydrogen) atoms. The van der Waals surface area contributed by atoms with Crippen molar-refractivity contribution < 1.29 is 0 Å². The summed E-state index contributed by atoms with van der Waals surface area (Å²) in [4.78, 5) is 6.79. The molecule has 0 N–H and O–H groups in total. The molecule has 0 fully saturated rings. The molecule has 0 unspecified atom stereocenters. The standard InChI is InChI=1S/C9H23N3/c1-9(2)12(6)8-11(5)7-10(3)4/h9H,7-8H2,1-6H3. The third kappa shape index (κ3) is 5.52. The Morgan fingerprint density at radius 2 is 1.42 bits per heavy atom. The lowest BCUT2D eigenvalue weighted by Crippen LogP contribution is -2.40. The average molecular weight is 173 g/mol. The lowest BCUT2D eigenvalue weighted by atomic mass is 10.4. The highest BCUT2D eigenvalue weighted by Crippen LogP contribution is 1.95. The normalized spacial score (nSPS) is 12.5. The average Bonchev–Trinajstić information content (AvgIpc) is 1.84. The summed E-state index contributed by atoms with van der Waals surface area (Å²) in [7, 11) is 8.47. The van der Waals surface area contributed by atoms with E-state index in [9.17, 15) is 0 Å². The van der Waals surface area contributed by atoms with Crippen molar-refractivity contribution >= 4 is 0 Å². The topological polar surface area (TPSA) is 9.72 Å². The summed E-state index contributed by atoms with van der Waals surface area (Å²) >= 11 is 0. The van der Waals surface area contributed by atoms with Crippen LogP contribution in [0.2, 0.25) is 0 Å². The van der Waals surface area contributed by atoms with Crippen LogP contribution >= 0.6 is 0 Å². The molecule has 0 aliphatic carbocycles. The van der Waals surface area contributed by atoms with E-state index in [0.29, 0.717) is 6.04 Å². The van der Waals surface area contributed by atoms with Crippen LogP contribution in [0.15, 0.2) is 0 Å². The Labute approximate surface area is 76.9 Å². The Hall–Kier alpha value is -0.120. The Bertz CT molecular complexity index is 112. The van der Waals surface area contributed by atoms with Gasteiger partial charge in [0.2, 0.25) is 0 Å². The van der Waals surface area contributed by atoms with Crippen molar-refractivity contribution in [2.75, 3.05) is 41.5 Å². The van der Waals surface area contributed by atoms with Crippen molar-refractivity contribution in [3.63, 3.8) is 0 Å². The van der Waals surface area contributed by atoms with E-state index in [1.54, 1.807) is 0 Å². The molecular weight excluding hydrogens is 150 g/mol. The smallest absolute Gasteiger partial charge is 0.0514 e. The molecule has 3 heteroatoms. The minimum Gasteiger partial charge on any atom is -0.297 e. The molecule has 0 aromatic carbocycles. The SMILES string of the molecule is CC(C)N(C)CN(C)CN(C)C. The second-order valence-corrected chi connectivity index (χ2v) is 4.07. The first kappa shape index (κ1) is 11.9. The molecular formula is C9H23N3. The summed E-state index contributed by atoms with van der Waals surface area (Å²) < 4.78 is 0. The molecule has 0 aliphatic rings. The van der Waals surface area contributed by atoms with Gasteiger partial charge in [-0.15, -0.1) is 0 Å². The van der Waals surface area contributed by atoms with E-state index in [1.807, 2.05) is 0 Å². The number of hydrogen-bond acceptors (Lipinski definition) is 3. The molecule has 0 rings (SSSR count). The van der Waals surface area contributed by atoms with Crippen LogP contribution in [0.5, 0.6) is 0 Å². The van der Waals surface area contributed by atoms with E-state index in [4.69, 9.17) is 0 Å². The molecule has 0 saturated carbocycles. The lowest BCUT2D eigenvalue weighted by Gasteiger charge is -2.29. The maximum Gasteiger partial charge on any atom is 0.0514 e. The lowest BCUT2D eigenvalue weighted by molar-refractivity contribution is 0.113. The fraction of sp³-hybridized carbons (Fsp3) is 1.00. The zero-order chi connectivity index (χ0) is 9.72. The molecule has 0 aromatic heterocycles. The number of rotatable bonds is 5. The third-order valence-electron chi connectivity index (χ3n) is 1.87. The molecule has 0 saturated heterocycles. The quantitative estimate of drug-likeness (QED) is 0.568. The zero-order valence-corrected chi connectivity index (χ0v) is 9.33. The van der Waals surface area contributed by atoms with Gasteiger partial charge in [0.1, 0.15) is 0 Å². The maximum atomic E-state index is 2.32. The van der Waals surface area contributed by atoms with Gasteiger partial charge in [0.05, 0.1) is 13.3 Å². The number of hydrogen-bond donors (Lipinski definition) is 0. The van der Waals surface area contributed by atoms with E-state index in [2.05, 4.69) is 56.7 Å². The monoisotopic (exact) mass is 173 g/mol. The predicted octanol–water partition coefficient (Wildman–Crippen LogP) is 0.735. The minimum atomic E-state index is 0.620. The predicted molar refractivity (Wildman–Crippen MR) is 54.1 cm³/mol. The van der Waals surface area contributed by atoms with Crippen molar-refractivity contribution in [1.29, 1.82) is 0 Å². The van der Waals surface area contributed by atoms with Crippen molar-refractivity contribution in [2.45, 2.75) is 19.9 Å². The van der Waals surface area contributed by atoms with Crippen LogP contribution in [-0.2, 0) is 0 Å². The fourth-order valence-electron chi connectivity index (χ4n) is 1.07. The van der Waals surface area contributed by atoms with Gasteiger partial charge >= 0.3 is 0 Å². The van der Waals surface area contributed by atoms with Gasteiger partial charge in [-0.2, -0.15) is 0 Å². The van der Waals surface area contributed by atoms with Gasteiger partial charge in [-0.1, -0.05) is 0 Å². The molecule has 3 nitrogen and oxygen atoms in total. The Morgan fingerprint density at radius 1 is 0.917 bits per heavy atom. The zero-order valence-electron chi connectivity index (χ0n) is 9.33. The van der Waals surface area contributed by atoms with Gasteiger partial charge in [0, 0.05) is 6.04 Å². The molecule has 0 amide bonds. The summed E-state index contributed by atoms with van der Waals surface area (Å²) in [5.74, 6) is 0. The summed E-state index contributed by atoms with van der Waals surface area (Å²) in [5.41, 5.74) is 0. The Morgan fingerprint density at radius 3 is 1.75 bits per heavy atom.